The number of sulfone groups is 1. The molecule has 4 rings (SSSR count). The number of benzene rings is 2. The lowest BCUT2D eigenvalue weighted by Gasteiger charge is -2.11. The van der Waals surface area contributed by atoms with E-state index >= 15 is 0 Å². The number of rotatable bonds is 5. The van der Waals surface area contributed by atoms with Gasteiger partial charge in [-0.15, -0.1) is 0 Å². The summed E-state index contributed by atoms with van der Waals surface area (Å²) >= 11 is 3.51. The first-order chi connectivity index (χ1) is 13.5. The largest absolute Gasteiger partial charge is 0.337 e. The van der Waals surface area contributed by atoms with Crippen molar-refractivity contribution in [1.82, 2.24) is 14.4 Å². The van der Waals surface area contributed by atoms with Crippen LogP contribution >= 0.6 is 15.9 Å². The van der Waals surface area contributed by atoms with Crippen molar-refractivity contribution in [3.63, 3.8) is 0 Å². The third-order valence-electron chi connectivity index (χ3n) is 4.37. The van der Waals surface area contributed by atoms with Gasteiger partial charge in [-0.2, -0.15) is 0 Å². The summed E-state index contributed by atoms with van der Waals surface area (Å²) in [6.07, 6.45) is 3.64. The molecule has 6 nitrogen and oxygen atoms in total. The molecule has 2 aromatic heterocycles. The highest BCUT2D eigenvalue weighted by Gasteiger charge is 2.14. The number of imidazole rings is 1. The minimum Gasteiger partial charge on any atom is -0.337 e. The van der Waals surface area contributed by atoms with Crippen LogP contribution in [0.3, 0.4) is 0 Å². The predicted octanol–water partition coefficient (Wildman–Crippen LogP) is 4.70. The Labute approximate surface area is 171 Å². The van der Waals surface area contributed by atoms with Crippen molar-refractivity contribution in [2.45, 2.75) is 11.8 Å². The quantitative estimate of drug-likeness (QED) is 0.470. The van der Waals surface area contributed by atoms with E-state index in [1.54, 1.807) is 37.4 Å². The van der Waals surface area contributed by atoms with Gasteiger partial charge in [-0.1, -0.05) is 37.3 Å². The molecular weight excluding hydrogens is 440 g/mol. The van der Waals surface area contributed by atoms with Gasteiger partial charge in [-0.3, -0.25) is 4.40 Å². The molecule has 0 amide bonds. The van der Waals surface area contributed by atoms with Crippen LogP contribution in [0.25, 0.3) is 16.9 Å². The van der Waals surface area contributed by atoms with Crippen LogP contribution in [0, 0.1) is 0 Å². The topological polar surface area (TPSA) is 76.4 Å². The number of anilines is 2. The van der Waals surface area contributed by atoms with Crippen molar-refractivity contribution < 1.29 is 8.42 Å². The van der Waals surface area contributed by atoms with Crippen LogP contribution in [-0.2, 0) is 9.84 Å². The van der Waals surface area contributed by atoms with Crippen LogP contribution in [0.1, 0.15) is 6.92 Å². The van der Waals surface area contributed by atoms with Crippen molar-refractivity contribution >= 4 is 42.9 Å². The molecular formula is C20H17BrN4O2S. The van der Waals surface area contributed by atoms with Crippen molar-refractivity contribution in [2.24, 2.45) is 0 Å². The van der Waals surface area contributed by atoms with E-state index in [1.807, 2.05) is 40.9 Å². The average Bonchev–Trinajstić information content (AvgIpc) is 3.10. The highest BCUT2D eigenvalue weighted by molar-refractivity contribution is 9.10. The lowest BCUT2D eigenvalue weighted by molar-refractivity contribution is 0.597. The van der Waals surface area contributed by atoms with Crippen LogP contribution in [0.15, 0.2) is 76.5 Å². The molecule has 0 saturated heterocycles. The summed E-state index contributed by atoms with van der Waals surface area (Å²) in [5, 5.41) is 3.26. The minimum absolute atomic E-state index is 0.0726. The van der Waals surface area contributed by atoms with Crippen molar-refractivity contribution in [3.05, 3.63) is 71.6 Å². The summed E-state index contributed by atoms with van der Waals surface area (Å²) < 4.78 is 26.7. The molecule has 0 bridgehead atoms. The van der Waals surface area contributed by atoms with Crippen LogP contribution in [0.5, 0.6) is 0 Å². The van der Waals surface area contributed by atoms with E-state index < -0.39 is 9.84 Å². The Morgan fingerprint density at radius 3 is 2.46 bits per heavy atom. The lowest BCUT2D eigenvalue weighted by Crippen LogP contribution is -2.04. The third kappa shape index (κ3) is 3.53. The molecule has 4 aromatic rings. The number of nitrogens with one attached hydrogen (secondary N) is 1. The highest BCUT2D eigenvalue weighted by Crippen LogP contribution is 2.27. The van der Waals surface area contributed by atoms with Gasteiger partial charge in [0.15, 0.2) is 21.3 Å². The fourth-order valence-corrected chi connectivity index (χ4v) is 4.10. The predicted molar refractivity (Wildman–Crippen MR) is 114 cm³/mol. The Hall–Kier alpha value is -2.71. The second-order valence-corrected chi connectivity index (χ2v) is 9.26. The fraction of sp³-hybridized carbons (Fsp3) is 0.100. The number of halogens is 1. The molecule has 0 fully saturated rings. The van der Waals surface area contributed by atoms with E-state index in [9.17, 15) is 8.42 Å². The molecule has 0 spiro atoms. The number of aromatic nitrogens is 3. The summed E-state index contributed by atoms with van der Waals surface area (Å²) in [6.45, 7) is 1.63. The van der Waals surface area contributed by atoms with Gasteiger partial charge in [0.25, 0.3) is 0 Å². The van der Waals surface area contributed by atoms with E-state index in [1.165, 1.54) is 0 Å². The molecule has 2 heterocycles. The summed E-state index contributed by atoms with van der Waals surface area (Å²) in [5.41, 5.74) is 3.17. The maximum absolute atomic E-state index is 12.0. The Bertz CT molecular complexity index is 1240. The van der Waals surface area contributed by atoms with E-state index in [0.717, 1.165) is 21.5 Å². The van der Waals surface area contributed by atoms with E-state index in [-0.39, 0.29) is 5.75 Å². The van der Waals surface area contributed by atoms with Gasteiger partial charge < -0.3 is 5.32 Å². The van der Waals surface area contributed by atoms with Gasteiger partial charge in [-0.05, 0) is 40.2 Å². The number of hydrogen-bond acceptors (Lipinski definition) is 5. The van der Waals surface area contributed by atoms with Crippen molar-refractivity contribution in [1.29, 1.82) is 0 Å². The van der Waals surface area contributed by atoms with Gasteiger partial charge >= 0.3 is 0 Å². The molecule has 0 aliphatic rings. The molecule has 8 heteroatoms. The molecule has 0 aliphatic carbocycles. The first-order valence-electron chi connectivity index (χ1n) is 8.67. The monoisotopic (exact) mass is 456 g/mol. The maximum Gasteiger partial charge on any atom is 0.181 e. The van der Waals surface area contributed by atoms with Gasteiger partial charge in [0.2, 0.25) is 0 Å². The smallest absolute Gasteiger partial charge is 0.181 e. The molecule has 2 aromatic carbocycles. The van der Waals surface area contributed by atoms with E-state index in [0.29, 0.717) is 16.4 Å². The molecule has 0 aliphatic heterocycles. The van der Waals surface area contributed by atoms with Gasteiger partial charge in [0, 0.05) is 17.4 Å². The molecule has 142 valence electrons. The van der Waals surface area contributed by atoms with Gasteiger partial charge in [-0.25, -0.2) is 18.4 Å². The Morgan fingerprint density at radius 2 is 1.79 bits per heavy atom. The van der Waals surface area contributed by atoms with E-state index in [4.69, 9.17) is 4.98 Å². The minimum atomic E-state index is -3.23. The Morgan fingerprint density at radius 1 is 1.07 bits per heavy atom. The zero-order valence-corrected chi connectivity index (χ0v) is 17.4. The van der Waals surface area contributed by atoms with Crippen LogP contribution < -0.4 is 5.32 Å². The van der Waals surface area contributed by atoms with E-state index in [2.05, 4.69) is 26.2 Å². The highest BCUT2D eigenvalue weighted by atomic mass is 79.9. The summed E-state index contributed by atoms with van der Waals surface area (Å²) in [5.74, 6) is 0.654. The first-order valence-corrected chi connectivity index (χ1v) is 11.1. The molecule has 28 heavy (non-hydrogen) atoms. The van der Waals surface area contributed by atoms with Gasteiger partial charge in [0.05, 0.1) is 22.5 Å². The number of nitrogens with zero attached hydrogens (tertiary/aromatic N) is 3. The van der Waals surface area contributed by atoms with Gasteiger partial charge in [0.1, 0.15) is 4.60 Å². The number of hydrogen-bond donors (Lipinski definition) is 1. The third-order valence-corrected chi connectivity index (χ3v) is 6.71. The lowest BCUT2D eigenvalue weighted by atomic mass is 10.2. The van der Waals surface area contributed by atoms with Crippen molar-refractivity contribution in [2.75, 3.05) is 11.1 Å². The van der Waals surface area contributed by atoms with Crippen molar-refractivity contribution in [3.8, 4) is 11.3 Å². The zero-order chi connectivity index (χ0) is 19.7. The van der Waals surface area contributed by atoms with Crippen LogP contribution in [0.4, 0.5) is 11.5 Å². The summed E-state index contributed by atoms with van der Waals surface area (Å²) in [6, 6.07) is 16.5. The standard InChI is InChI=1S/C20H17BrN4O2S/c1-2-28(26,27)16-10-8-15(9-11-16)23-19-20-22-12-18(21)25(20)13-17(24-19)14-6-4-3-5-7-14/h3-13H,2H2,1H3,(H,23,24). The first kappa shape index (κ1) is 18.6. The Balaban J connectivity index is 1.76. The second-order valence-electron chi connectivity index (χ2n) is 6.17. The summed E-state index contributed by atoms with van der Waals surface area (Å²) in [7, 11) is -3.23. The summed E-state index contributed by atoms with van der Waals surface area (Å²) in [4.78, 5) is 9.45. The Kier molecular flexibility index (Phi) is 4.91. The molecule has 1 N–H and O–H groups in total. The zero-order valence-electron chi connectivity index (χ0n) is 15.0. The molecule has 0 saturated carbocycles. The molecule has 0 unspecified atom stereocenters. The molecule has 0 atom stereocenters. The normalized spacial score (nSPS) is 11.6. The van der Waals surface area contributed by atoms with Crippen LogP contribution in [0.2, 0.25) is 0 Å². The average molecular weight is 457 g/mol. The number of fused-ring (bicyclic) bond motifs is 1. The molecule has 0 radical (unpaired) electrons. The fourth-order valence-electron chi connectivity index (χ4n) is 2.84. The second kappa shape index (κ2) is 7.37. The SMILES string of the molecule is CCS(=O)(=O)c1ccc(Nc2nc(-c3ccccc3)cn3c(Br)cnc23)cc1. The maximum atomic E-state index is 12.0. The van der Waals surface area contributed by atoms with Crippen LogP contribution in [-0.4, -0.2) is 28.5 Å².